The SMILES string of the molecule is CN[C@@H]1COc2c(S(N)(=O)=NC(=O)Nc3c4c(c(F)c5c3CCC5)CCC4)cnn2C1.CN[C@@H]1COc2c(S(N)(=O)=NC(=O)Nc3c4c(c(F)c5c3CCC5)CCC4)cnn2C1.COC1CN([C@@H]2COc3c(S(N)(=O)=NC(=O)Nc4c5c(c(C)c6c4CCC6)CCC5)cnn3C2)C1.COC1CN([C@@H]2COc3c(S(N)(=O)=NC(=O)Nc4c5c(c(C)c6c4CCC6)CCC5)cnn3C2)C1. The molecule has 6 aliphatic heterocycles. The highest BCUT2D eigenvalue weighted by atomic mass is 32.2. The maximum absolute atomic E-state index is 14.8. The molecule has 4 aromatic heterocycles. The summed E-state index contributed by atoms with van der Waals surface area (Å²) in [6.45, 7) is 11.6. The van der Waals surface area contributed by atoms with Crippen molar-refractivity contribution in [2.24, 2.45) is 38.0 Å². The van der Waals surface area contributed by atoms with Crippen LogP contribution in [0.4, 0.5) is 50.7 Å². The number of methoxy groups -OCH3 is 2. The van der Waals surface area contributed by atoms with Gasteiger partial charge in [-0.3, -0.25) is 9.80 Å². The Labute approximate surface area is 765 Å². The van der Waals surface area contributed by atoms with E-state index in [-0.39, 0.29) is 79.4 Å². The van der Waals surface area contributed by atoms with E-state index in [0.717, 1.165) is 163 Å². The molecule has 0 bridgehead atoms. The van der Waals surface area contributed by atoms with Crippen LogP contribution in [-0.2, 0) is 178 Å². The van der Waals surface area contributed by atoms with E-state index in [1.807, 2.05) is 14.1 Å². The van der Waals surface area contributed by atoms with E-state index in [0.29, 0.717) is 149 Å². The van der Waals surface area contributed by atoms with E-state index >= 15 is 0 Å². The zero-order valence-electron chi connectivity index (χ0n) is 74.9. The molecule has 10 heterocycles. The van der Waals surface area contributed by atoms with Crippen LogP contribution in [0.25, 0.3) is 0 Å². The number of carbonyl (C=O) groups excluding carboxylic acids is 4. The van der Waals surface area contributed by atoms with Gasteiger partial charge >= 0.3 is 24.1 Å². The summed E-state index contributed by atoms with van der Waals surface area (Å²) in [5.41, 5.74) is 22.0. The van der Waals surface area contributed by atoms with Gasteiger partial charge < -0.3 is 60.3 Å². The van der Waals surface area contributed by atoms with Gasteiger partial charge in [0.15, 0.2) is 39.7 Å². The molecule has 708 valence electrons. The number of benzene rings is 4. The molecule has 8 atom stereocenters. The van der Waals surface area contributed by atoms with Gasteiger partial charge in [0.2, 0.25) is 23.5 Å². The third kappa shape index (κ3) is 17.3. The third-order valence-corrected chi connectivity index (χ3v) is 34.0. The second-order valence-corrected chi connectivity index (χ2v) is 43.4. The molecular formula is C88H114F2N24O14S4. The number of hydrogen-bond donors (Lipinski definition) is 10. The minimum absolute atomic E-state index is 0.0666. The number of nitrogens with two attached hydrogens (primary N) is 4. The Morgan fingerprint density at radius 3 is 0.818 bits per heavy atom. The first-order chi connectivity index (χ1) is 63.5. The van der Waals surface area contributed by atoms with Gasteiger partial charge in [-0.25, -0.2) is 84.1 Å². The molecule has 132 heavy (non-hydrogen) atoms. The minimum atomic E-state index is -3.58. The fourth-order valence-corrected chi connectivity index (χ4v) is 25.8. The maximum Gasteiger partial charge on any atom is 0.354 e. The number of aromatic nitrogens is 8. The molecule has 4 aromatic carbocycles. The van der Waals surface area contributed by atoms with E-state index in [9.17, 15) is 44.8 Å². The Morgan fingerprint density at radius 2 is 0.576 bits per heavy atom. The number of hydrogen-bond acceptors (Lipinski definition) is 22. The lowest BCUT2D eigenvalue weighted by molar-refractivity contribution is -0.0687. The molecule has 8 aliphatic carbocycles. The van der Waals surface area contributed by atoms with Crippen molar-refractivity contribution in [3.8, 4) is 23.5 Å². The third-order valence-electron chi connectivity index (χ3n) is 28.6. The molecule has 0 saturated carbocycles. The molecule has 4 unspecified atom stereocenters. The molecular weight excluding hydrogens is 1780 g/mol. The first-order valence-corrected chi connectivity index (χ1v) is 51.9. The lowest BCUT2D eigenvalue weighted by atomic mass is 9.93. The van der Waals surface area contributed by atoms with Crippen LogP contribution >= 0.6 is 0 Å². The molecule has 44 heteroatoms. The molecule has 38 nitrogen and oxygen atoms in total. The molecule has 8 amide bonds. The first kappa shape index (κ1) is 91.2. The summed E-state index contributed by atoms with van der Waals surface area (Å²) < 4.78 is 138. The monoisotopic (exact) mass is 1900 g/mol. The Balaban J connectivity index is 0.000000114. The molecule has 0 spiro atoms. The normalized spacial score (nSPS) is 22.0. The average Bonchev–Trinajstić information content (AvgIpc) is 1.60. The van der Waals surface area contributed by atoms with E-state index in [2.05, 4.69) is 93.4 Å². The summed E-state index contributed by atoms with van der Waals surface area (Å²) >= 11 is 0. The number of anilines is 4. The van der Waals surface area contributed by atoms with E-state index in [1.54, 1.807) is 32.9 Å². The Morgan fingerprint density at radius 1 is 0.356 bits per heavy atom. The number of urea groups is 4. The van der Waals surface area contributed by atoms with Crippen LogP contribution in [0.5, 0.6) is 23.5 Å². The van der Waals surface area contributed by atoms with Gasteiger partial charge in [0.25, 0.3) is 0 Å². The number of ether oxygens (including phenoxy) is 6. The molecule has 8 aromatic rings. The molecule has 22 rings (SSSR count). The summed E-state index contributed by atoms with van der Waals surface area (Å²) in [6.07, 6.45) is 27.0. The van der Waals surface area contributed by atoms with Gasteiger partial charge in [-0.1, -0.05) is 0 Å². The first-order valence-electron chi connectivity index (χ1n) is 45.6. The van der Waals surface area contributed by atoms with Crippen molar-refractivity contribution in [1.29, 1.82) is 0 Å². The zero-order valence-corrected chi connectivity index (χ0v) is 78.2. The molecule has 2 fully saturated rings. The topological polar surface area (TPSA) is 495 Å². The van der Waals surface area contributed by atoms with Gasteiger partial charge in [0.05, 0.1) is 87.3 Å². The van der Waals surface area contributed by atoms with Crippen LogP contribution < -0.4 is 71.4 Å². The van der Waals surface area contributed by atoms with Crippen molar-refractivity contribution in [3.63, 3.8) is 0 Å². The van der Waals surface area contributed by atoms with Gasteiger partial charge in [-0.2, -0.15) is 20.4 Å². The van der Waals surface area contributed by atoms with Gasteiger partial charge in [-0.05, 0) is 282 Å². The molecule has 2 saturated heterocycles. The van der Waals surface area contributed by atoms with E-state index < -0.39 is 63.8 Å². The highest BCUT2D eigenvalue weighted by Crippen LogP contribution is 2.47. The van der Waals surface area contributed by atoms with Crippen molar-refractivity contribution in [1.82, 2.24) is 59.6 Å². The highest BCUT2D eigenvalue weighted by Gasteiger charge is 2.42. The number of likely N-dealkylation sites (tertiary alicyclic amines) is 2. The summed E-state index contributed by atoms with van der Waals surface area (Å²) in [5, 5.41) is 58.9. The van der Waals surface area contributed by atoms with E-state index in [1.165, 1.54) is 80.4 Å². The smallest absolute Gasteiger partial charge is 0.354 e. The largest absolute Gasteiger partial charge is 0.475 e. The number of nitrogens with zero attached hydrogens (tertiary/aromatic N) is 14. The molecule has 0 radical (unpaired) electrons. The summed E-state index contributed by atoms with van der Waals surface area (Å²) in [7, 11) is -7.16. The predicted molar refractivity (Wildman–Crippen MR) is 488 cm³/mol. The molecule has 14 aliphatic rings. The number of carbonyl (C=O) groups is 4. The Bertz CT molecular complexity index is 6070. The fraction of sp³-hybridized carbons (Fsp3) is 0.545. The number of nitrogens with one attached hydrogen (secondary N) is 6. The van der Waals surface area contributed by atoms with Crippen molar-refractivity contribution in [2.75, 3.05) is 102 Å². The number of likely N-dealkylation sites (N-methyl/N-ethyl adjacent to an activating group) is 2. The lowest BCUT2D eigenvalue weighted by Gasteiger charge is -2.44. The van der Waals surface area contributed by atoms with Crippen molar-refractivity contribution in [3.05, 3.63) is 137 Å². The number of fused-ring (bicyclic) bond motifs is 12. The second-order valence-electron chi connectivity index (χ2n) is 36.4. The quantitative estimate of drug-likeness (QED) is 0.0490. The van der Waals surface area contributed by atoms with Crippen molar-refractivity contribution < 1.29 is 73.2 Å². The number of rotatable bonds is 14. The number of amides is 8. The van der Waals surface area contributed by atoms with Crippen LogP contribution in [0.1, 0.15) is 152 Å². The standard InChI is InChI=1S/2C24H32N6O4S.2C20H25FN6O3S/c2*1-14-17-5-3-7-19(17)22(20-8-4-6-18(14)20)27-24(31)28-35(25,32)21-9-26-30-10-15(13-34-23(21)30)29-11-16(12-29)33-2;2*1-23-11-9-27-19(30-10-11)16(8-24-27)31(22,29)26-20(28)25-18-14-6-2-4-12(14)17(21)13-5-3-7-15(13)18/h2*9,15-16H,3-8,10-13H2,1-2H3,(H3,25,27,28,31,32);2*8,11,23H,2-7,9-10H2,1H3,(H3,22,25,26,28,29)/t2*15-,35?;2*11-,31?/m0000/s1. The van der Waals surface area contributed by atoms with Crippen molar-refractivity contribution >= 4 is 86.5 Å². The molecule has 14 N–H and O–H groups in total. The number of halogens is 2. The van der Waals surface area contributed by atoms with Gasteiger partial charge in [0.1, 0.15) is 57.6 Å². The average molecular weight is 1900 g/mol. The lowest BCUT2D eigenvalue weighted by Crippen LogP contribution is -2.59. The summed E-state index contributed by atoms with van der Waals surface area (Å²) in [4.78, 5) is 56.6. The fourth-order valence-electron chi connectivity index (χ4n) is 21.7. The van der Waals surface area contributed by atoms with Crippen LogP contribution in [-0.4, -0.2) is 207 Å². The van der Waals surface area contributed by atoms with Crippen LogP contribution in [0.2, 0.25) is 0 Å². The zero-order chi connectivity index (χ0) is 92.1. The van der Waals surface area contributed by atoms with E-state index in [4.69, 9.17) is 49.0 Å². The second kappa shape index (κ2) is 36.7. The Kier molecular flexibility index (Phi) is 25.4. The Hall–Kier alpha value is -9.94. The van der Waals surface area contributed by atoms with Gasteiger partial charge in [0, 0.05) is 63.1 Å². The summed E-state index contributed by atoms with van der Waals surface area (Å²) in [6, 6.07) is -2.57. The van der Waals surface area contributed by atoms with Gasteiger partial charge in [-0.15, -0.1) is 17.5 Å². The highest BCUT2D eigenvalue weighted by molar-refractivity contribution is 7.92. The van der Waals surface area contributed by atoms with Crippen LogP contribution in [0, 0.1) is 25.5 Å². The predicted octanol–water partition coefficient (Wildman–Crippen LogP) is 8.21. The maximum atomic E-state index is 14.8. The summed E-state index contributed by atoms with van der Waals surface area (Å²) in [5.74, 6) is 0.929. The van der Waals surface area contributed by atoms with Crippen LogP contribution in [0.3, 0.4) is 0 Å². The van der Waals surface area contributed by atoms with Crippen molar-refractivity contribution in [2.45, 2.75) is 250 Å². The minimum Gasteiger partial charge on any atom is -0.475 e. The van der Waals surface area contributed by atoms with Crippen LogP contribution in [0.15, 0.2) is 61.8 Å².